The molecular formula is C18H23NO. The summed E-state index contributed by atoms with van der Waals surface area (Å²) in [6.07, 6.45) is 1.11. The first-order valence-electron chi connectivity index (χ1n) is 7.25. The Kier molecular flexibility index (Phi) is 5.19. The third kappa shape index (κ3) is 3.61. The first-order chi connectivity index (χ1) is 9.74. The maximum Gasteiger partial charge on any atom is 0.130 e. The van der Waals surface area contributed by atoms with Gasteiger partial charge < -0.3 is 10.1 Å². The van der Waals surface area contributed by atoms with Crippen LogP contribution in [0.25, 0.3) is 0 Å². The van der Waals surface area contributed by atoms with Crippen molar-refractivity contribution >= 4 is 0 Å². The van der Waals surface area contributed by atoms with E-state index >= 15 is 0 Å². The molecule has 2 aromatic rings. The van der Waals surface area contributed by atoms with Gasteiger partial charge in [0.2, 0.25) is 0 Å². The van der Waals surface area contributed by atoms with Crippen LogP contribution in [0.3, 0.4) is 0 Å². The summed E-state index contributed by atoms with van der Waals surface area (Å²) in [5.74, 6) is 2.36. The van der Waals surface area contributed by atoms with Crippen molar-refractivity contribution in [3.05, 3.63) is 59.7 Å². The van der Waals surface area contributed by atoms with Gasteiger partial charge in [-0.25, -0.2) is 0 Å². The van der Waals surface area contributed by atoms with Crippen molar-refractivity contribution in [1.29, 1.82) is 0 Å². The molecule has 2 heteroatoms. The van der Waals surface area contributed by atoms with Crippen molar-refractivity contribution in [2.75, 3.05) is 7.05 Å². The predicted molar refractivity (Wildman–Crippen MR) is 84.4 cm³/mol. The van der Waals surface area contributed by atoms with E-state index in [9.17, 15) is 0 Å². The second kappa shape index (κ2) is 7.11. The van der Waals surface area contributed by atoms with Crippen LogP contribution in [0.1, 0.15) is 37.3 Å². The fourth-order valence-electron chi connectivity index (χ4n) is 2.25. The molecule has 1 N–H and O–H groups in total. The smallest absolute Gasteiger partial charge is 0.130 e. The molecule has 0 aliphatic heterocycles. The van der Waals surface area contributed by atoms with Crippen molar-refractivity contribution in [1.82, 2.24) is 5.32 Å². The van der Waals surface area contributed by atoms with Crippen LogP contribution in [0.4, 0.5) is 0 Å². The normalized spacial score (nSPS) is 12.2. The molecule has 0 aromatic heterocycles. The van der Waals surface area contributed by atoms with E-state index in [1.54, 1.807) is 0 Å². The first kappa shape index (κ1) is 14.6. The Hall–Kier alpha value is -1.80. The summed E-state index contributed by atoms with van der Waals surface area (Å²) in [5, 5.41) is 3.16. The third-order valence-electron chi connectivity index (χ3n) is 3.57. The number of rotatable bonds is 6. The Morgan fingerprint density at radius 2 is 1.90 bits per heavy atom. The Labute approximate surface area is 121 Å². The quantitative estimate of drug-likeness (QED) is 0.820. The lowest BCUT2D eigenvalue weighted by atomic mass is 9.98. The summed E-state index contributed by atoms with van der Waals surface area (Å²) in [7, 11) is 1.95. The minimum Gasteiger partial charge on any atom is -0.457 e. The van der Waals surface area contributed by atoms with Gasteiger partial charge >= 0.3 is 0 Å². The number of hydrogen-bond donors (Lipinski definition) is 1. The molecule has 0 aliphatic rings. The minimum absolute atomic E-state index is 0.506. The zero-order valence-electron chi connectivity index (χ0n) is 12.5. The zero-order valence-corrected chi connectivity index (χ0v) is 12.5. The van der Waals surface area contributed by atoms with Crippen LogP contribution in [0.5, 0.6) is 11.5 Å². The van der Waals surface area contributed by atoms with E-state index in [1.807, 2.05) is 31.3 Å². The van der Waals surface area contributed by atoms with E-state index in [0.717, 1.165) is 24.5 Å². The molecule has 1 unspecified atom stereocenters. The van der Waals surface area contributed by atoms with E-state index in [-0.39, 0.29) is 0 Å². The molecule has 2 rings (SSSR count). The molecule has 0 amide bonds. The highest BCUT2D eigenvalue weighted by Crippen LogP contribution is 2.32. The van der Waals surface area contributed by atoms with Crippen LogP contribution >= 0.6 is 0 Å². The average Bonchev–Trinajstić information content (AvgIpc) is 2.48. The molecule has 0 aliphatic carbocycles. The van der Waals surface area contributed by atoms with E-state index in [4.69, 9.17) is 4.74 Å². The maximum atomic E-state index is 6.09. The predicted octanol–water partition coefficient (Wildman–Crippen LogP) is 4.71. The lowest BCUT2D eigenvalue weighted by Gasteiger charge is -2.15. The van der Waals surface area contributed by atoms with Gasteiger partial charge in [-0.15, -0.1) is 0 Å². The third-order valence-corrected chi connectivity index (χ3v) is 3.57. The highest BCUT2D eigenvalue weighted by Gasteiger charge is 2.10. The van der Waals surface area contributed by atoms with Crippen LogP contribution in [0, 0.1) is 0 Å². The largest absolute Gasteiger partial charge is 0.457 e. The topological polar surface area (TPSA) is 21.3 Å². The lowest BCUT2D eigenvalue weighted by Crippen LogP contribution is -2.04. The summed E-state index contributed by atoms with van der Waals surface area (Å²) >= 11 is 0. The summed E-state index contributed by atoms with van der Waals surface area (Å²) in [6.45, 7) is 5.29. The average molecular weight is 269 g/mol. The summed E-state index contributed by atoms with van der Waals surface area (Å²) in [6, 6.07) is 16.5. The van der Waals surface area contributed by atoms with Crippen LogP contribution < -0.4 is 10.1 Å². The number of para-hydroxylation sites is 1. The molecule has 2 nitrogen and oxygen atoms in total. The minimum atomic E-state index is 0.506. The summed E-state index contributed by atoms with van der Waals surface area (Å²) in [4.78, 5) is 0. The van der Waals surface area contributed by atoms with Gasteiger partial charge in [0.15, 0.2) is 0 Å². The van der Waals surface area contributed by atoms with E-state index in [2.05, 4.69) is 43.4 Å². The fourth-order valence-corrected chi connectivity index (χ4v) is 2.25. The van der Waals surface area contributed by atoms with Crippen LogP contribution in [0.2, 0.25) is 0 Å². The van der Waals surface area contributed by atoms with Gasteiger partial charge in [-0.05, 0) is 48.7 Å². The Morgan fingerprint density at radius 3 is 2.65 bits per heavy atom. The highest BCUT2D eigenvalue weighted by atomic mass is 16.5. The number of benzene rings is 2. The highest BCUT2D eigenvalue weighted by molar-refractivity contribution is 5.40. The fraction of sp³-hybridized carbons (Fsp3) is 0.333. The summed E-state index contributed by atoms with van der Waals surface area (Å²) in [5.41, 5.74) is 2.50. The summed E-state index contributed by atoms with van der Waals surface area (Å²) < 4.78 is 6.09. The van der Waals surface area contributed by atoms with Gasteiger partial charge in [0, 0.05) is 6.54 Å². The molecule has 0 saturated carbocycles. The Balaban J connectivity index is 2.23. The second-order valence-corrected chi connectivity index (χ2v) is 5.13. The number of ether oxygens (including phenoxy) is 1. The number of hydrogen-bond acceptors (Lipinski definition) is 2. The molecule has 1 atom stereocenters. The number of nitrogens with one attached hydrogen (secondary N) is 1. The Morgan fingerprint density at radius 1 is 1.10 bits per heavy atom. The first-order valence-corrected chi connectivity index (χ1v) is 7.25. The molecule has 0 saturated heterocycles. The molecule has 106 valence electrons. The van der Waals surface area contributed by atoms with Gasteiger partial charge in [-0.3, -0.25) is 0 Å². The zero-order chi connectivity index (χ0) is 14.4. The van der Waals surface area contributed by atoms with E-state index in [0.29, 0.717) is 5.92 Å². The molecule has 0 bridgehead atoms. The van der Waals surface area contributed by atoms with Gasteiger partial charge in [0.1, 0.15) is 11.5 Å². The molecule has 20 heavy (non-hydrogen) atoms. The molecule has 0 spiro atoms. The Bertz CT molecular complexity index is 551. The molecular weight excluding hydrogens is 246 g/mol. The van der Waals surface area contributed by atoms with Crippen molar-refractivity contribution < 1.29 is 4.74 Å². The van der Waals surface area contributed by atoms with Crippen molar-refractivity contribution in [2.24, 2.45) is 0 Å². The van der Waals surface area contributed by atoms with Crippen molar-refractivity contribution in [3.8, 4) is 11.5 Å². The van der Waals surface area contributed by atoms with Crippen molar-refractivity contribution in [3.63, 3.8) is 0 Å². The van der Waals surface area contributed by atoms with Gasteiger partial charge in [0.25, 0.3) is 0 Å². The second-order valence-electron chi connectivity index (χ2n) is 5.13. The van der Waals surface area contributed by atoms with Crippen molar-refractivity contribution in [2.45, 2.75) is 32.7 Å². The molecule has 2 aromatic carbocycles. The SMILES string of the molecule is CCC(C)c1ccccc1Oc1cccc(CNC)c1. The van der Waals surface area contributed by atoms with Gasteiger partial charge in [-0.1, -0.05) is 44.2 Å². The molecule has 0 heterocycles. The van der Waals surface area contributed by atoms with Crippen LogP contribution in [0.15, 0.2) is 48.5 Å². The van der Waals surface area contributed by atoms with Crippen LogP contribution in [-0.4, -0.2) is 7.05 Å². The standard InChI is InChI=1S/C18H23NO/c1-4-14(2)17-10-5-6-11-18(17)20-16-9-7-8-15(12-16)13-19-3/h5-12,14,19H,4,13H2,1-3H3. The van der Waals surface area contributed by atoms with E-state index < -0.39 is 0 Å². The van der Waals surface area contributed by atoms with Gasteiger partial charge in [-0.2, -0.15) is 0 Å². The lowest BCUT2D eigenvalue weighted by molar-refractivity contribution is 0.469. The van der Waals surface area contributed by atoms with Crippen LogP contribution in [-0.2, 0) is 6.54 Å². The monoisotopic (exact) mass is 269 g/mol. The molecule has 0 fully saturated rings. The van der Waals surface area contributed by atoms with E-state index in [1.165, 1.54) is 11.1 Å². The van der Waals surface area contributed by atoms with Gasteiger partial charge in [0.05, 0.1) is 0 Å². The molecule has 0 radical (unpaired) electrons. The maximum absolute atomic E-state index is 6.09.